The smallest absolute Gasteiger partial charge is 0.185 e. The zero-order valence-corrected chi connectivity index (χ0v) is 14.8. The molecule has 120 valence electrons. The number of aryl methyl sites for hydroxylation is 1. The van der Waals surface area contributed by atoms with Gasteiger partial charge in [-0.2, -0.15) is 0 Å². The Morgan fingerprint density at radius 2 is 2.00 bits per heavy atom. The molecule has 0 bridgehead atoms. The number of anilines is 1. The average molecular weight is 310 g/mol. The number of nitrogens with zero attached hydrogens (tertiary/aromatic N) is 2. The van der Waals surface area contributed by atoms with E-state index >= 15 is 0 Å². The highest BCUT2D eigenvalue weighted by molar-refractivity contribution is 7.15. The van der Waals surface area contributed by atoms with Gasteiger partial charge in [0.25, 0.3) is 0 Å². The van der Waals surface area contributed by atoms with Crippen LogP contribution in [0.25, 0.3) is 0 Å². The molecule has 1 aromatic rings. The molecule has 1 fully saturated rings. The van der Waals surface area contributed by atoms with Gasteiger partial charge in [0.05, 0.1) is 5.69 Å². The Morgan fingerprint density at radius 3 is 2.67 bits per heavy atom. The van der Waals surface area contributed by atoms with Crippen LogP contribution in [-0.2, 0) is 13.0 Å². The lowest BCUT2D eigenvalue weighted by Crippen LogP contribution is -2.23. The maximum absolute atomic E-state index is 4.93. The van der Waals surface area contributed by atoms with Crippen molar-refractivity contribution in [3.63, 3.8) is 0 Å². The van der Waals surface area contributed by atoms with E-state index in [-0.39, 0.29) is 0 Å². The summed E-state index contributed by atoms with van der Waals surface area (Å²) < 4.78 is 0. The van der Waals surface area contributed by atoms with Crippen LogP contribution < -0.4 is 10.2 Å². The monoisotopic (exact) mass is 309 g/mol. The van der Waals surface area contributed by atoms with Gasteiger partial charge < -0.3 is 10.2 Å². The maximum atomic E-state index is 4.93. The second-order valence-corrected chi connectivity index (χ2v) is 7.39. The van der Waals surface area contributed by atoms with Gasteiger partial charge in [0.2, 0.25) is 0 Å². The Balaban J connectivity index is 1.98. The fourth-order valence-corrected chi connectivity index (χ4v) is 4.19. The largest absolute Gasteiger partial charge is 0.351 e. The minimum Gasteiger partial charge on any atom is -0.351 e. The van der Waals surface area contributed by atoms with Crippen molar-refractivity contribution in [3.05, 3.63) is 10.6 Å². The van der Waals surface area contributed by atoms with Crippen LogP contribution in [0.3, 0.4) is 0 Å². The van der Waals surface area contributed by atoms with Crippen molar-refractivity contribution in [2.24, 2.45) is 5.92 Å². The van der Waals surface area contributed by atoms with Crippen LogP contribution in [0.4, 0.5) is 5.13 Å². The van der Waals surface area contributed by atoms with Gasteiger partial charge in [-0.1, -0.05) is 33.1 Å². The van der Waals surface area contributed by atoms with Crippen LogP contribution >= 0.6 is 11.3 Å². The first-order valence-corrected chi connectivity index (χ1v) is 9.46. The second kappa shape index (κ2) is 8.74. The molecule has 1 aliphatic rings. The quantitative estimate of drug-likeness (QED) is 0.692. The van der Waals surface area contributed by atoms with Crippen LogP contribution in [-0.4, -0.2) is 25.1 Å². The van der Waals surface area contributed by atoms with Gasteiger partial charge in [-0.25, -0.2) is 4.98 Å². The highest BCUT2D eigenvalue weighted by Gasteiger charge is 2.19. The predicted molar refractivity (Wildman–Crippen MR) is 93.3 cm³/mol. The molecule has 1 saturated carbocycles. The van der Waals surface area contributed by atoms with Crippen molar-refractivity contribution in [1.29, 1.82) is 0 Å². The first-order chi connectivity index (χ1) is 10.2. The summed E-state index contributed by atoms with van der Waals surface area (Å²) in [6, 6.07) is 0. The topological polar surface area (TPSA) is 28.2 Å². The van der Waals surface area contributed by atoms with Crippen LogP contribution in [0.1, 0.15) is 62.9 Å². The molecule has 3 nitrogen and oxygen atoms in total. The molecule has 0 atom stereocenters. The number of hydrogen-bond donors (Lipinski definition) is 1. The Hall–Kier alpha value is -0.610. The molecule has 0 radical (unpaired) electrons. The van der Waals surface area contributed by atoms with Gasteiger partial charge in [0.1, 0.15) is 0 Å². The molecule has 1 heterocycles. The summed E-state index contributed by atoms with van der Waals surface area (Å²) in [5, 5.41) is 4.75. The van der Waals surface area contributed by atoms with E-state index in [9.17, 15) is 0 Å². The Labute approximate surface area is 134 Å². The lowest BCUT2D eigenvalue weighted by atomic mass is 10.1. The second-order valence-electron chi connectivity index (χ2n) is 6.32. The van der Waals surface area contributed by atoms with E-state index < -0.39 is 0 Å². The van der Waals surface area contributed by atoms with Crippen molar-refractivity contribution in [2.75, 3.05) is 25.0 Å². The third-order valence-electron chi connectivity index (χ3n) is 4.30. The lowest BCUT2D eigenvalue weighted by molar-refractivity contribution is 0.546. The van der Waals surface area contributed by atoms with Crippen molar-refractivity contribution in [2.45, 2.75) is 65.3 Å². The number of hydrogen-bond acceptors (Lipinski definition) is 4. The number of rotatable bonds is 9. The van der Waals surface area contributed by atoms with E-state index in [1.165, 1.54) is 60.8 Å². The predicted octanol–water partition coefficient (Wildman–Crippen LogP) is 4.22. The van der Waals surface area contributed by atoms with E-state index in [2.05, 4.69) is 31.1 Å². The average Bonchev–Trinajstić information content (AvgIpc) is 3.10. The minimum absolute atomic E-state index is 0.884. The maximum Gasteiger partial charge on any atom is 0.185 e. The summed E-state index contributed by atoms with van der Waals surface area (Å²) in [4.78, 5) is 8.76. The third-order valence-corrected chi connectivity index (χ3v) is 5.51. The van der Waals surface area contributed by atoms with Crippen molar-refractivity contribution in [1.82, 2.24) is 10.3 Å². The molecular weight excluding hydrogens is 278 g/mol. The zero-order chi connectivity index (χ0) is 15.1. The first-order valence-electron chi connectivity index (χ1n) is 8.65. The Bertz CT molecular complexity index is 410. The molecule has 4 heteroatoms. The number of thiazole rings is 1. The highest BCUT2D eigenvalue weighted by Crippen LogP contribution is 2.30. The molecule has 0 spiro atoms. The van der Waals surface area contributed by atoms with E-state index in [1.54, 1.807) is 0 Å². The molecule has 0 aliphatic heterocycles. The van der Waals surface area contributed by atoms with Crippen LogP contribution in [0.15, 0.2) is 0 Å². The summed E-state index contributed by atoms with van der Waals surface area (Å²) in [6.45, 7) is 7.72. The molecule has 0 saturated heterocycles. The zero-order valence-electron chi connectivity index (χ0n) is 14.0. The molecule has 0 aromatic carbocycles. The van der Waals surface area contributed by atoms with Gasteiger partial charge in [-0.3, -0.25) is 0 Å². The standard InChI is InChI=1S/C17H31N3S/c1-4-8-15-16(12-18-11-5-2)21-17(19-15)20(3)13-14-9-6-7-10-14/h14,18H,4-13H2,1-3H3. The molecule has 1 aliphatic carbocycles. The van der Waals surface area contributed by atoms with Gasteiger partial charge >= 0.3 is 0 Å². The molecule has 2 rings (SSSR count). The summed E-state index contributed by atoms with van der Waals surface area (Å²) in [5.74, 6) is 0.884. The first kappa shape index (κ1) is 16.8. The van der Waals surface area contributed by atoms with Gasteiger partial charge in [-0.15, -0.1) is 11.3 Å². The summed E-state index contributed by atoms with van der Waals surface area (Å²) in [7, 11) is 2.22. The molecule has 1 aromatic heterocycles. The summed E-state index contributed by atoms with van der Waals surface area (Å²) >= 11 is 1.89. The normalized spacial score (nSPS) is 15.8. The van der Waals surface area contributed by atoms with Gasteiger partial charge in [0.15, 0.2) is 5.13 Å². The van der Waals surface area contributed by atoms with Crippen LogP contribution in [0, 0.1) is 5.92 Å². The molecule has 0 unspecified atom stereocenters. The van der Waals surface area contributed by atoms with Crippen molar-refractivity contribution >= 4 is 16.5 Å². The lowest BCUT2D eigenvalue weighted by Gasteiger charge is -2.19. The number of aromatic nitrogens is 1. The molecular formula is C17H31N3S. The molecule has 1 N–H and O–H groups in total. The fourth-order valence-electron chi connectivity index (χ4n) is 3.14. The van der Waals surface area contributed by atoms with E-state index in [4.69, 9.17) is 4.98 Å². The fraction of sp³-hybridized carbons (Fsp3) is 0.824. The van der Waals surface area contributed by atoms with Crippen molar-refractivity contribution in [3.8, 4) is 0 Å². The highest BCUT2D eigenvalue weighted by atomic mass is 32.1. The Morgan fingerprint density at radius 1 is 1.24 bits per heavy atom. The third kappa shape index (κ3) is 4.96. The van der Waals surface area contributed by atoms with Crippen LogP contribution in [0.2, 0.25) is 0 Å². The van der Waals surface area contributed by atoms with Crippen LogP contribution in [0.5, 0.6) is 0 Å². The molecule has 0 amide bonds. The Kier molecular flexibility index (Phi) is 6.97. The van der Waals surface area contributed by atoms with E-state index in [0.717, 1.165) is 25.4 Å². The minimum atomic E-state index is 0.884. The molecule has 21 heavy (non-hydrogen) atoms. The summed E-state index contributed by atoms with van der Waals surface area (Å²) in [6.07, 6.45) is 9.13. The van der Waals surface area contributed by atoms with Crippen molar-refractivity contribution < 1.29 is 0 Å². The van der Waals surface area contributed by atoms with Gasteiger partial charge in [0, 0.05) is 25.0 Å². The van der Waals surface area contributed by atoms with Gasteiger partial charge in [-0.05, 0) is 38.1 Å². The number of nitrogens with one attached hydrogen (secondary N) is 1. The van der Waals surface area contributed by atoms with E-state index in [0.29, 0.717) is 0 Å². The van der Waals surface area contributed by atoms with E-state index in [1.807, 2.05) is 11.3 Å². The summed E-state index contributed by atoms with van der Waals surface area (Å²) in [5.41, 5.74) is 1.32. The SMILES string of the molecule is CCCNCc1sc(N(C)CC2CCCC2)nc1CCC.